The average Bonchev–Trinajstić information content (AvgIpc) is 3.08. The fourth-order valence-electron chi connectivity index (χ4n) is 4.02. The molecule has 2 N–H and O–H groups in total. The number of alkyl carbamates (subject to hydrolysis) is 1. The van der Waals surface area contributed by atoms with Crippen molar-refractivity contribution in [1.29, 1.82) is 0 Å². The monoisotopic (exact) mass is 466 g/mol. The average molecular weight is 467 g/mol. The number of carbonyl (C=O) groups excluding carboxylic acids is 3. The van der Waals surface area contributed by atoms with E-state index in [1.165, 1.54) is 0 Å². The summed E-state index contributed by atoms with van der Waals surface area (Å²) in [5, 5.41) is 5.24. The van der Waals surface area contributed by atoms with Gasteiger partial charge in [-0.2, -0.15) is 0 Å². The van der Waals surface area contributed by atoms with Crippen molar-refractivity contribution in [2.75, 3.05) is 6.61 Å². The number of nitrogens with one attached hydrogen (secondary N) is 2. The van der Waals surface area contributed by atoms with Gasteiger partial charge in [0.2, 0.25) is 5.91 Å². The van der Waals surface area contributed by atoms with E-state index < -0.39 is 35.7 Å². The lowest BCUT2D eigenvalue weighted by Gasteiger charge is -2.27. The standard InChI is InChI=1S/C27H34N2O5/c1-16(2)23(25(31)34-27(4,5)6)29-24(30)17(3)28-26(32)33-15-22-20-13-9-7-11-18(20)19-12-8-10-14-21(19)22/h7-14,16-17,22-23H,15H2,1-6H3,(H,28,32)(H,29,30). The van der Waals surface area contributed by atoms with Crippen LogP contribution in [0.4, 0.5) is 4.79 Å². The van der Waals surface area contributed by atoms with Crippen LogP contribution in [0.25, 0.3) is 11.1 Å². The predicted octanol–water partition coefficient (Wildman–Crippen LogP) is 4.40. The first-order valence-corrected chi connectivity index (χ1v) is 11.6. The number of esters is 1. The van der Waals surface area contributed by atoms with Crippen LogP contribution in [-0.4, -0.2) is 42.3 Å². The number of benzene rings is 2. The van der Waals surface area contributed by atoms with Crippen molar-refractivity contribution in [3.05, 3.63) is 59.7 Å². The lowest BCUT2D eigenvalue weighted by molar-refractivity contribution is -0.160. The van der Waals surface area contributed by atoms with Crippen LogP contribution in [0.1, 0.15) is 58.6 Å². The number of amides is 2. The second-order valence-electron chi connectivity index (χ2n) is 9.96. The third-order valence-electron chi connectivity index (χ3n) is 5.70. The first-order valence-electron chi connectivity index (χ1n) is 11.6. The Hall–Kier alpha value is -3.35. The molecule has 182 valence electrons. The zero-order valence-electron chi connectivity index (χ0n) is 20.7. The summed E-state index contributed by atoms with van der Waals surface area (Å²) in [6.07, 6.45) is -0.692. The summed E-state index contributed by atoms with van der Waals surface area (Å²) in [5.41, 5.74) is 3.84. The molecule has 3 rings (SSSR count). The van der Waals surface area contributed by atoms with Crippen molar-refractivity contribution in [3.8, 4) is 11.1 Å². The van der Waals surface area contributed by atoms with Crippen molar-refractivity contribution >= 4 is 18.0 Å². The zero-order valence-corrected chi connectivity index (χ0v) is 20.7. The second kappa shape index (κ2) is 10.3. The first kappa shape index (κ1) is 25.3. The zero-order chi connectivity index (χ0) is 25.0. The van der Waals surface area contributed by atoms with Crippen molar-refractivity contribution in [3.63, 3.8) is 0 Å². The van der Waals surface area contributed by atoms with Gasteiger partial charge in [0.15, 0.2) is 0 Å². The van der Waals surface area contributed by atoms with E-state index in [9.17, 15) is 14.4 Å². The van der Waals surface area contributed by atoms with E-state index in [1.807, 2.05) is 50.2 Å². The molecule has 2 atom stereocenters. The van der Waals surface area contributed by atoms with Crippen LogP contribution in [0.2, 0.25) is 0 Å². The highest BCUT2D eigenvalue weighted by molar-refractivity contribution is 5.89. The van der Waals surface area contributed by atoms with Gasteiger partial charge < -0.3 is 20.1 Å². The summed E-state index contributed by atoms with van der Waals surface area (Å²) < 4.78 is 10.9. The molecule has 1 aliphatic carbocycles. The molecule has 2 unspecified atom stereocenters. The van der Waals surface area contributed by atoms with Gasteiger partial charge >= 0.3 is 12.1 Å². The predicted molar refractivity (Wildman–Crippen MR) is 130 cm³/mol. The Morgan fingerprint density at radius 3 is 1.91 bits per heavy atom. The molecule has 0 heterocycles. The molecule has 1 aliphatic rings. The maximum absolute atomic E-state index is 12.7. The first-order chi connectivity index (χ1) is 16.0. The summed E-state index contributed by atoms with van der Waals surface area (Å²) in [4.78, 5) is 37.6. The molecule has 0 spiro atoms. The minimum Gasteiger partial charge on any atom is -0.458 e. The Bertz CT molecular complexity index is 1010. The largest absolute Gasteiger partial charge is 0.458 e. The number of rotatable bonds is 7. The molecule has 0 aromatic heterocycles. The van der Waals surface area contributed by atoms with E-state index in [4.69, 9.17) is 9.47 Å². The molecule has 2 amide bonds. The van der Waals surface area contributed by atoms with Gasteiger partial charge in [-0.25, -0.2) is 9.59 Å². The molecule has 0 radical (unpaired) electrons. The number of ether oxygens (including phenoxy) is 2. The van der Waals surface area contributed by atoms with E-state index in [0.29, 0.717) is 0 Å². The van der Waals surface area contributed by atoms with Crippen LogP contribution in [-0.2, 0) is 19.1 Å². The van der Waals surface area contributed by atoms with Gasteiger partial charge in [-0.05, 0) is 55.9 Å². The summed E-state index contributed by atoms with van der Waals surface area (Å²) in [7, 11) is 0. The molecule has 0 aliphatic heterocycles. The molecule has 2 aromatic carbocycles. The summed E-state index contributed by atoms with van der Waals surface area (Å²) in [5.74, 6) is -1.25. The minimum absolute atomic E-state index is 0.0697. The van der Waals surface area contributed by atoms with Crippen molar-refractivity contribution in [1.82, 2.24) is 10.6 Å². The van der Waals surface area contributed by atoms with Crippen LogP contribution in [0.15, 0.2) is 48.5 Å². The fraction of sp³-hybridized carbons (Fsp3) is 0.444. The Morgan fingerprint density at radius 1 is 0.882 bits per heavy atom. The highest BCUT2D eigenvalue weighted by Crippen LogP contribution is 2.44. The van der Waals surface area contributed by atoms with E-state index >= 15 is 0 Å². The Balaban J connectivity index is 1.58. The van der Waals surface area contributed by atoms with Crippen LogP contribution >= 0.6 is 0 Å². The molecule has 0 saturated heterocycles. The van der Waals surface area contributed by atoms with Gasteiger partial charge in [0.05, 0.1) is 0 Å². The fourth-order valence-corrected chi connectivity index (χ4v) is 4.02. The molecule has 0 fully saturated rings. The second-order valence-corrected chi connectivity index (χ2v) is 9.96. The number of hydrogen-bond acceptors (Lipinski definition) is 5. The third kappa shape index (κ3) is 5.95. The lowest BCUT2D eigenvalue weighted by Crippen LogP contribution is -2.53. The van der Waals surface area contributed by atoms with Gasteiger partial charge in [0, 0.05) is 5.92 Å². The molecular weight excluding hydrogens is 432 g/mol. The Labute approximate surface area is 201 Å². The molecule has 0 saturated carbocycles. The topological polar surface area (TPSA) is 93.7 Å². The quantitative estimate of drug-likeness (QED) is 0.590. The van der Waals surface area contributed by atoms with Crippen molar-refractivity contribution in [2.45, 2.75) is 65.1 Å². The number of fused-ring (bicyclic) bond motifs is 3. The van der Waals surface area contributed by atoms with Crippen LogP contribution < -0.4 is 10.6 Å². The molecule has 34 heavy (non-hydrogen) atoms. The van der Waals surface area contributed by atoms with Gasteiger partial charge in [-0.15, -0.1) is 0 Å². The smallest absolute Gasteiger partial charge is 0.407 e. The van der Waals surface area contributed by atoms with Gasteiger partial charge in [-0.1, -0.05) is 62.4 Å². The third-order valence-corrected chi connectivity index (χ3v) is 5.70. The van der Waals surface area contributed by atoms with E-state index in [2.05, 4.69) is 22.8 Å². The highest BCUT2D eigenvalue weighted by atomic mass is 16.6. The van der Waals surface area contributed by atoms with Crippen LogP contribution in [0, 0.1) is 5.92 Å². The van der Waals surface area contributed by atoms with Crippen molar-refractivity contribution in [2.24, 2.45) is 5.92 Å². The maximum atomic E-state index is 12.7. The van der Waals surface area contributed by atoms with E-state index in [1.54, 1.807) is 27.7 Å². The lowest BCUT2D eigenvalue weighted by atomic mass is 9.98. The van der Waals surface area contributed by atoms with Gasteiger partial charge in [0.25, 0.3) is 0 Å². The van der Waals surface area contributed by atoms with Crippen LogP contribution in [0.5, 0.6) is 0 Å². The summed E-state index contributed by atoms with van der Waals surface area (Å²) in [6, 6.07) is 14.4. The molecule has 7 heteroatoms. The summed E-state index contributed by atoms with van der Waals surface area (Å²) in [6.45, 7) is 10.6. The number of carbonyl (C=O) groups is 3. The molecular formula is C27H34N2O5. The molecule has 7 nitrogen and oxygen atoms in total. The Morgan fingerprint density at radius 2 is 1.41 bits per heavy atom. The minimum atomic E-state index is -0.890. The molecule has 0 bridgehead atoms. The maximum Gasteiger partial charge on any atom is 0.407 e. The Kier molecular flexibility index (Phi) is 7.64. The van der Waals surface area contributed by atoms with Crippen LogP contribution in [0.3, 0.4) is 0 Å². The van der Waals surface area contributed by atoms with Crippen molar-refractivity contribution < 1.29 is 23.9 Å². The van der Waals surface area contributed by atoms with E-state index in [0.717, 1.165) is 22.3 Å². The summed E-state index contributed by atoms with van der Waals surface area (Å²) >= 11 is 0. The highest BCUT2D eigenvalue weighted by Gasteiger charge is 2.32. The SMILES string of the molecule is CC(NC(=O)OCC1c2ccccc2-c2ccccc21)C(=O)NC(C(=O)OC(C)(C)C)C(C)C. The van der Waals surface area contributed by atoms with Gasteiger partial charge in [0.1, 0.15) is 24.3 Å². The normalized spacial score (nSPS) is 14.6. The van der Waals surface area contributed by atoms with Gasteiger partial charge in [-0.3, -0.25) is 4.79 Å². The molecule has 2 aromatic rings. The number of hydrogen-bond donors (Lipinski definition) is 2. The van der Waals surface area contributed by atoms with E-state index in [-0.39, 0.29) is 18.4 Å².